The molecule has 2 atom stereocenters. The molecule has 0 radical (unpaired) electrons. The molecule has 6 heteroatoms. The summed E-state index contributed by atoms with van der Waals surface area (Å²) in [6.07, 6.45) is 4.16. The summed E-state index contributed by atoms with van der Waals surface area (Å²) in [4.78, 5) is 23.0. The average molecular weight is 301 g/mol. The zero-order chi connectivity index (χ0) is 16.5. The molecule has 6 nitrogen and oxygen atoms in total. The lowest BCUT2D eigenvalue weighted by Gasteiger charge is -2.30. The fraction of sp³-hybridized carbons (Fsp3) is 0.867. The van der Waals surface area contributed by atoms with Gasteiger partial charge in [0, 0.05) is 6.04 Å². The number of primary amides is 1. The van der Waals surface area contributed by atoms with Crippen LogP contribution < -0.4 is 16.4 Å². The number of amides is 1. The summed E-state index contributed by atoms with van der Waals surface area (Å²) >= 11 is 0. The number of ether oxygens (including phenoxy) is 1. The van der Waals surface area contributed by atoms with E-state index in [-0.39, 0.29) is 24.0 Å². The van der Waals surface area contributed by atoms with Crippen molar-refractivity contribution in [3.8, 4) is 0 Å². The maximum absolute atomic E-state index is 11.9. The lowest BCUT2D eigenvalue weighted by molar-refractivity contribution is -0.148. The van der Waals surface area contributed by atoms with Crippen molar-refractivity contribution < 1.29 is 14.3 Å². The van der Waals surface area contributed by atoms with E-state index in [1.165, 1.54) is 7.11 Å². The van der Waals surface area contributed by atoms with E-state index < -0.39 is 5.54 Å². The van der Waals surface area contributed by atoms with Gasteiger partial charge in [0.05, 0.1) is 13.2 Å². The van der Waals surface area contributed by atoms with Crippen LogP contribution in [0.25, 0.3) is 0 Å². The van der Waals surface area contributed by atoms with Gasteiger partial charge in [0.2, 0.25) is 5.91 Å². The van der Waals surface area contributed by atoms with Gasteiger partial charge < -0.3 is 15.8 Å². The number of carbonyl (C=O) groups is 2. The van der Waals surface area contributed by atoms with E-state index in [1.807, 2.05) is 20.8 Å². The van der Waals surface area contributed by atoms with Gasteiger partial charge in [0.15, 0.2) is 0 Å². The van der Waals surface area contributed by atoms with Gasteiger partial charge in [-0.25, -0.2) is 0 Å². The van der Waals surface area contributed by atoms with Gasteiger partial charge in [0.25, 0.3) is 0 Å². The monoisotopic (exact) mass is 301 g/mol. The topological polar surface area (TPSA) is 93.4 Å². The lowest BCUT2D eigenvalue weighted by atomic mass is 9.92. The molecule has 2 unspecified atom stereocenters. The third-order valence-electron chi connectivity index (χ3n) is 3.60. The molecular formula is C15H31N3O3. The quantitative estimate of drug-likeness (QED) is 0.390. The third-order valence-corrected chi connectivity index (χ3v) is 3.60. The Morgan fingerprint density at radius 1 is 1.24 bits per heavy atom. The molecule has 124 valence electrons. The van der Waals surface area contributed by atoms with Crippen molar-refractivity contribution in [2.75, 3.05) is 14.2 Å². The molecule has 0 bridgehead atoms. The minimum Gasteiger partial charge on any atom is -0.468 e. The first-order valence-corrected chi connectivity index (χ1v) is 7.59. The second-order valence-electron chi connectivity index (χ2n) is 5.97. The van der Waals surface area contributed by atoms with Crippen molar-refractivity contribution in [3.63, 3.8) is 0 Å². The minimum absolute atomic E-state index is 0.206. The number of hydrogen-bond donors (Lipinski definition) is 3. The van der Waals surface area contributed by atoms with Crippen LogP contribution >= 0.6 is 0 Å². The van der Waals surface area contributed by atoms with E-state index >= 15 is 0 Å². The number of likely N-dealkylation sites (N-methyl/N-ethyl adjacent to an activating group) is 1. The summed E-state index contributed by atoms with van der Waals surface area (Å²) in [5, 5.41) is 6.18. The van der Waals surface area contributed by atoms with Gasteiger partial charge in [-0.3, -0.25) is 14.9 Å². The van der Waals surface area contributed by atoms with Crippen LogP contribution in [-0.4, -0.2) is 43.7 Å². The van der Waals surface area contributed by atoms with Gasteiger partial charge >= 0.3 is 5.97 Å². The van der Waals surface area contributed by atoms with Crippen molar-refractivity contribution in [1.82, 2.24) is 10.6 Å². The van der Waals surface area contributed by atoms with Crippen LogP contribution in [0.1, 0.15) is 52.9 Å². The summed E-state index contributed by atoms with van der Waals surface area (Å²) in [6.45, 7) is 5.88. The molecule has 4 N–H and O–H groups in total. The molecule has 0 fully saturated rings. The first-order chi connectivity index (χ1) is 9.76. The Kier molecular flexibility index (Phi) is 9.21. The zero-order valence-electron chi connectivity index (χ0n) is 14.0. The van der Waals surface area contributed by atoms with E-state index in [9.17, 15) is 9.59 Å². The summed E-state index contributed by atoms with van der Waals surface area (Å²) < 4.78 is 4.89. The highest BCUT2D eigenvalue weighted by molar-refractivity contribution is 5.80. The summed E-state index contributed by atoms with van der Waals surface area (Å²) in [7, 11) is 3.14. The Bertz CT molecular complexity index is 334. The van der Waals surface area contributed by atoms with E-state index in [1.54, 1.807) is 7.05 Å². The lowest BCUT2D eigenvalue weighted by Crippen LogP contribution is -2.52. The molecule has 0 aromatic rings. The molecule has 0 saturated carbocycles. The number of carbonyl (C=O) groups excluding carboxylic acids is 2. The van der Waals surface area contributed by atoms with Gasteiger partial charge in [-0.1, -0.05) is 19.3 Å². The molecular weight excluding hydrogens is 270 g/mol. The molecule has 0 saturated heterocycles. The van der Waals surface area contributed by atoms with Gasteiger partial charge in [-0.2, -0.15) is 0 Å². The second kappa shape index (κ2) is 9.73. The van der Waals surface area contributed by atoms with Crippen LogP contribution in [0.4, 0.5) is 0 Å². The summed E-state index contributed by atoms with van der Waals surface area (Å²) in [5.74, 6) is -0.556. The number of unbranched alkanes of at least 4 members (excludes halogenated alkanes) is 2. The van der Waals surface area contributed by atoms with Gasteiger partial charge in [-0.05, 0) is 40.7 Å². The predicted molar refractivity (Wildman–Crippen MR) is 83.8 cm³/mol. The fourth-order valence-corrected chi connectivity index (χ4v) is 2.53. The van der Waals surface area contributed by atoms with E-state index in [0.29, 0.717) is 6.42 Å². The number of nitrogens with two attached hydrogens (primary N) is 1. The molecule has 0 aromatic heterocycles. The SMILES string of the molecule is CNC(CCCCCC(C)(NC(C)C)C(=O)OC)C(N)=O. The first-order valence-electron chi connectivity index (χ1n) is 7.59. The van der Waals surface area contributed by atoms with Crippen LogP contribution in [0.3, 0.4) is 0 Å². The van der Waals surface area contributed by atoms with Crippen molar-refractivity contribution in [1.29, 1.82) is 0 Å². The van der Waals surface area contributed by atoms with Crippen LogP contribution in [0, 0.1) is 0 Å². The Morgan fingerprint density at radius 3 is 2.29 bits per heavy atom. The van der Waals surface area contributed by atoms with Crippen LogP contribution in [-0.2, 0) is 14.3 Å². The smallest absolute Gasteiger partial charge is 0.325 e. The molecule has 0 spiro atoms. The molecule has 0 aliphatic heterocycles. The highest BCUT2D eigenvalue weighted by Gasteiger charge is 2.33. The maximum atomic E-state index is 11.9. The van der Waals surface area contributed by atoms with Crippen molar-refractivity contribution in [2.24, 2.45) is 5.73 Å². The fourth-order valence-electron chi connectivity index (χ4n) is 2.53. The van der Waals surface area contributed by atoms with Gasteiger partial charge in [0.1, 0.15) is 5.54 Å². The summed E-state index contributed by atoms with van der Waals surface area (Å²) in [5.41, 5.74) is 4.61. The zero-order valence-corrected chi connectivity index (χ0v) is 14.0. The average Bonchev–Trinajstić information content (AvgIpc) is 2.40. The number of nitrogens with one attached hydrogen (secondary N) is 2. The highest BCUT2D eigenvalue weighted by Crippen LogP contribution is 2.18. The Balaban J connectivity index is 4.21. The van der Waals surface area contributed by atoms with Crippen molar-refractivity contribution >= 4 is 11.9 Å². The molecule has 0 rings (SSSR count). The number of rotatable bonds is 11. The first kappa shape index (κ1) is 19.9. The number of methoxy groups -OCH3 is 1. The molecule has 21 heavy (non-hydrogen) atoms. The minimum atomic E-state index is -0.658. The Labute approximate surface area is 128 Å². The van der Waals surface area contributed by atoms with Crippen molar-refractivity contribution in [3.05, 3.63) is 0 Å². The van der Waals surface area contributed by atoms with Crippen LogP contribution in [0.15, 0.2) is 0 Å². The molecule has 1 amide bonds. The predicted octanol–water partition coefficient (Wildman–Crippen LogP) is 0.940. The Morgan fingerprint density at radius 2 is 1.86 bits per heavy atom. The molecule has 0 aliphatic carbocycles. The number of esters is 1. The Hall–Kier alpha value is -1.14. The highest BCUT2D eigenvalue weighted by atomic mass is 16.5. The molecule has 0 aliphatic rings. The van der Waals surface area contributed by atoms with Gasteiger partial charge in [-0.15, -0.1) is 0 Å². The summed E-state index contributed by atoms with van der Waals surface area (Å²) in [6, 6.07) is -0.0663. The maximum Gasteiger partial charge on any atom is 0.325 e. The molecule has 0 heterocycles. The van der Waals surface area contributed by atoms with E-state index in [2.05, 4.69) is 10.6 Å². The van der Waals surface area contributed by atoms with E-state index in [4.69, 9.17) is 10.5 Å². The van der Waals surface area contributed by atoms with Crippen LogP contribution in [0.2, 0.25) is 0 Å². The largest absolute Gasteiger partial charge is 0.468 e. The standard InChI is InChI=1S/C15H31N3O3/c1-11(2)18-15(3,14(20)21-5)10-8-6-7-9-12(17-4)13(16)19/h11-12,17-18H,6-10H2,1-5H3,(H2,16,19). The number of hydrogen-bond acceptors (Lipinski definition) is 5. The normalized spacial score (nSPS) is 15.5. The molecule has 0 aromatic carbocycles. The van der Waals surface area contributed by atoms with Crippen LogP contribution in [0.5, 0.6) is 0 Å². The van der Waals surface area contributed by atoms with E-state index in [0.717, 1.165) is 25.7 Å². The second-order valence-corrected chi connectivity index (χ2v) is 5.97. The third kappa shape index (κ3) is 7.43. The van der Waals surface area contributed by atoms with Crippen molar-refractivity contribution in [2.45, 2.75) is 70.5 Å².